The van der Waals surface area contributed by atoms with E-state index < -0.39 is 0 Å². The average molecular weight is 212 g/mol. The Hall–Kier alpha value is -0.530. The van der Waals surface area contributed by atoms with E-state index in [-0.39, 0.29) is 11.9 Å². The summed E-state index contributed by atoms with van der Waals surface area (Å²) in [4.78, 5) is 11.8. The lowest BCUT2D eigenvalue weighted by atomic mass is 9.72. The molecule has 0 N–H and O–H groups in total. The molecule has 0 bridgehead atoms. The third-order valence-electron chi connectivity index (χ3n) is 3.79. The van der Waals surface area contributed by atoms with Crippen LogP contribution in [0.5, 0.6) is 0 Å². The van der Waals surface area contributed by atoms with E-state index >= 15 is 0 Å². The van der Waals surface area contributed by atoms with Crippen LogP contribution >= 0.6 is 0 Å². The second kappa shape index (κ2) is 6.14. The maximum atomic E-state index is 11.8. The minimum absolute atomic E-state index is 0.0440. The predicted molar refractivity (Wildman–Crippen MR) is 61.5 cm³/mol. The summed E-state index contributed by atoms with van der Waals surface area (Å²) in [6.07, 6.45) is 5.86. The van der Waals surface area contributed by atoms with Crippen LogP contribution in [0.25, 0.3) is 0 Å². The number of carbonyl (C=O) groups excluding carboxylic acids is 1. The predicted octanol–water partition coefficient (Wildman–Crippen LogP) is 3.40. The summed E-state index contributed by atoms with van der Waals surface area (Å²) in [6, 6.07) is 0. The summed E-state index contributed by atoms with van der Waals surface area (Å²) in [7, 11) is 0. The van der Waals surface area contributed by atoms with E-state index in [2.05, 4.69) is 13.8 Å². The van der Waals surface area contributed by atoms with E-state index in [0.717, 1.165) is 18.8 Å². The molecule has 0 aromatic carbocycles. The number of esters is 1. The van der Waals surface area contributed by atoms with Crippen molar-refractivity contribution < 1.29 is 9.53 Å². The Bertz CT molecular complexity index is 201. The summed E-state index contributed by atoms with van der Waals surface area (Å²) in [5.74, 6) is 1.52. The first-order valence-corrected chi connectivity index (χ1v) is 6.39. The molecule has 2 heteroatoms. The molecule has 0 heterocycles. The zero-order valence-corrected chi connectivity index (χ0v) is 10.3. The van der Waals surface area contributed by atoms with Gasteiger partial charge < -0.3 is 4.74 Å². The molecule has 1 saturated carbocycles. The Morgan fingerprint density at radius 1 is 1.20 bits per heavy atom. The van der Waals surface area contributed by atoms with Crippen molar-refractivity contribution in [1.82, 2.24) is 0 Å². The second-order valence-electron chi connectivity index (χ2n) is 4.61. The number of hydrogen-bond acceptors (Lipinski definition) is 2. The first-order chi connectivity index (χ1) is 7.22. The van der Waals surface area contributed by atoms with Crippen LogP contribution in [0.1, 0.15) is 52.9 Å². The van der Waals surface area contributed by atoms with E-state index in [1.807, 2.05) is 6.92 Å². The van der Waals surface area contributed by atoms with Crippen molar-refractivity contribution in [2.75, 3.05) is 6.61 Å². The lowest BCUT2D eigenvalue weighted by molar-refractivity contribution is -0.152. The number of hydrogen-bond donors (Lipinski definition) is 0. The monoisotopic (exact) mass is 212 g/mol. The number of rotatable bonds is 4. The molecule has 0 amide bonds. The fourth-order valence-electron chi connectivity index (χ4n) is 2.72. The van der Waals surface area contributed by atoms with Gasteiger partial charge in [0, 0.05) is 0 Å². The highest BCUT2D eigenvalue weighted by Crippen LogP contribution is 2.37. The van der Waals surface area contributed by atoms with Gasteiger partial charge in [-0.1, -0.05) is 33.1 Å². The fraction of sp³-hybridized carbons (Fsp3) is 0.923. The molecule has 88 valence electrons. The molecule has 15 heavy (non-hydrogen) atoms. The van der Waals surface area contributed by atoms with E-state index in [1.165, 1.54) is 19.3 Å². The molecule has 2 nitrogen and oxygen atoms in total. The lowest BCUT2D eigenvalue weighted by Gasteiger charge is -2.33. The fourth-order valence-corrected chi connectivity index (χ4v) is 2.72. The Kier molecular flexibility index (Phi) is 5.13. The van der Waals surface area contributed by atoms with Gasteiger partial charge in [0.2, 0.25) is 0 Å². The van der Waals surface area contributed by atoms with Crippen molar-refractivity contribution in [3.63, 3.8) is 0 Å². The summed E-state index contributed by atoms with van der Waals surface area (Å²) in [6.45, 7) is 6.81. The summed E-state index contributed by atoms with van der Waals surface area (Å²) >= 11 is 0. The largest absolute Gasteiger partial charge is 0.466 e. The maximum absolute atomic E-state index is 11.8. The van der Waals surface area contributed by atoms with Gasteiger partial charge in [-0.25, -0.2) is 0 Å². The Morgan fingerprint density at radius 3 is 2.47 bits per heavy atom. The van der Waals surface area contributed by atoms with Gasteiger partial charge in [-0.2, -0.15) is 0 Å². The average Bonchev–Trinajstić information content (AvgIpc) is 2.28. The first-order valence-electron chi connectivity index (χ1n) is 6.39. The maximum Gasteiger partial charge on any atom is 0.309 e. The second-order valence-corrected chi connectivity index (χ2v) is 4.61. The van der Waals surface area contributed by atoms with Crippen LogP contribution in [0.4, 0.5) is 0 Å². The molecule has 0 saturated heterocycles. The first kappa shape index (κ1) is 12.5. The van der Waals surface area contributed by atoms with Crippen LogP contribution in [0.15, 0.2) is 0 Å². The molecule has 3 atom stereocenters. The third kappa shape index (κ3) is 3.22. The molecule has 1 fully saturated rings. The van der Waals surface area contributed by atoms with Crippen LogP contribution in [0.2, 0.25) is 0 Å². The van der Waals surface area contributed by atoms with Crippen molar-refractivity contribution in [1.29, 1.82) is 0 Å². The summed E-state index contributed by atoms with van der Waals surface area (Å²) in [5, 5.41) is 0. The van der Waals surface area contributed by atoms with Crippen LogP contribution in [0.3, 0.4) is 0 Å². The highest BCUT2D eigenvalue weighted by atomic mass is 16.5. The van der Waals surface area contributed by atoms with Crippen molar-refractivity contribution in [3.8, 4) is 0 Å². The third-order valence-corrected chi connectivity index (χ3v) is 3.79. The molecule has 1 aliphatic carbocycles. The van der Waals surface area contributed by atoms with Gasteiger partial charge in [0.25, 0.3) is 0 Å². The molecule has 0 aromatic rings. The molecule has 0 aliphatic heterocycles. The van der Waals surface area contributed by atoms with E-state index in [4.69, 9.17) is 4.74 Å². The SMILES string of the molecule is CCOC(=O)C1CC(CC)CCC1CC. The smallest absolute Gasteiger partial charge is 0.309 e. The number of carbonyl (C=O) groups is 1. The van der Waals surface area contributed by atoms with Gasteiger partial charge in [0.1, 0.15) is 0 Å². The van der Waals surface area contributed by atoms with Crippen molar-refractivity contribution in [3.05, 3.63) is 0 Å². The number of ether oxygens (including phenoxy) is 1. The Labute approximate surface area is 93.4 Å². The molecule has 1 aliphatic rings. The molecule has 3 unspecified atom stereocenters. The van der Waals surface area contributed by atoms with Crippen LogP contribution in [-0.4, -0.2) is 12.6 Å². The van der Waals surface area contributed by atoms with Gasteiger partial charge in [-0.15, -0.1) is 0 Å². The van der Waals surface area contributed by atoms with Crippen LogP contribution in [0, 0.1) is 17.8 Å². The van der Waals surface area contributed by atoms with E-state index in [0.29, 0.717) is 12.5 Å². The molecular formula is C13H24O2. The highest BCUT2D eigenvalue weighted by Gasteiger charge is 2.34. The minimum Gasteiger partial charge on any atom is -0.466 e. The zero-order valence-electron chi connectivity index (χ0n) is 10.3. The minimum atomic E-state index is 0.0440. The van der Waals surface area contributed by atoms with Gasteiger partial charge >= 0.3 is 5.97 Å². The Balaban J connectivity index is 2.58. The lowest BCUT2D eigenvalue weighted by Crippen LogP contribution is -2.32. The summed E-state index contributed by atoms with van der Waals surface area (Å²) < 4.78 is 5.17. The highest BCUT2D eigenvalue weighted by molar-refractivity contribution is 5.72. The van der Waals surface area contributed by atoms with E-state index in [1.54, 1.807) is 0 Å². The molecule has 0 aromatic heterocycles. The Morgan fingerprint density at radius 2 is 1.93 bits per heavy atom. The van der Waals surface area contributed by atoms with Gasteiger partial charge in [0.15, 0.2) is 0 Å². The van der Waals surface area contributed by atoms with Crippen molar-refractivity contribution in [2.24, 2.45) is 17.8 Å². The summed E-state index contributed by atoms with van der Waals surface area (Å²) in [5.41, 5.74) is 0. The normalized spacial score (nSPS) is 31.3. The zero-order chi connectivity index (χ0) is 11.3. The quantitative estimate of drug-likeness (QED) is 0.668. The standard InChI is InChI=1S/C13H24O2/c1-4-10-7-8-11(5-2)12(9-10)13(14)15-6-3/h10-12H,4-9H2,1-3H3. The molecule has 1 rings (SSSR count). The van der Waals surface area contributed by atoms with E-state index in [9.17, 15) is 4.79 Å². The van der Waals surface area contributed by atoms with Crippen molar-refractivity contribution in [2.45, 2.75) is 52.9 Å². The molecule has 0 radical (unpaired) electrons. The van der Waals surface area contributed by atoms with Gasteiger partial charge in [-0.3, -0.25) is 4.79 Å². The van der Waals surface area contributed by atoms with Crippen molar-refractivity contribution >= 4 is 5.97 Å². The molecular weight excluding hydrogens is 188 g/mol. The van der Waals surface area contributed by atoms with Gasteiger partial charge in [0.05, 0.1) is 12.5 Å². The topological polar surface area (TPSA) is 26.3 Å². The van der Waals surface area contributed by atoms with Crippen LogP contribution in [-0.2, 0) is 9.53 Å². The molecule has 0 spiro atoms. The van der Waals surface area contributed by atoms with Gasteiger partial charge in [-0.05, 0) is 31.6 Å². The van der Waals surface area contributed by atoms with Crippen LogP contribution < -0.4 is 0 Å².